The second kappa shape index (κ2) is 5.96. The molecule has 0 unspecified atom stereocenters. The molecule has 1 aromatic heterocycles. The Balaban J connectivity index is 1.46. The Morgan fingerprint density at radius 1 is 1.15 bits per heavy atom. The van der Waals surface area contributed by atoms with Gasteiger partial charge in [0.1, 0.15) is 5.69 Å². The molecular formula is C21H23N3O3. The summed E-state index contributed by atoms with van der Waals surface area (Å²) < 4.78 is 8.05. The lowest BCUT2D eigenvalue weighted by Crippen LogP contribution is -2.56. The standard InChI is InChI=1S/C21H23N3O3/c1-22-16(15-6-3-2-4-7-15)8-9-17(22)20(26)23-12-10-21-18(23)14-19(25)24(21)11-5-13-27-21/h2-4,6-9,18H,5,10-14H2,1H3/t18-,21+/m1/s1. The van der Waals surface area contributed by atoms with Crippen LogP contribution in [0, 0.1) is 0 Å². The maximum atomic E-state index is 13.4. The Bertz CT molecular complexity index is 907. The number of nitrogens with zero attached hydrogens (tertiary/aromatic N) is 3. The van der Waals surface area contributed by atoms with Crippen LogP contribution in [0.4, 0.5) is 0 Å². The third-order valence-corrected chi connectivity index (χ3v) is 6.28. The molecule has 6 heteroatoms. The van der Waals surface area contributed by atoms with Crippen molar-refractivity contribution >= 4 is 11.8 Å². The summed E-state index contributed by atoms with van der Waals surface area (Å²) in [6, 6.07) is 13.7. The molecule has 1 aromatic carbocycles. The van der Waals surface area contributed by atoms with E-state index in [-0.39, 0.29) is 17.9 Å². The van der Waals surface area contributed by atoms with E-state index in [1.807, 2.05) is 63.9 Å². The van der Waals surface area contributed by atoms with Crippen LogP contribution in [-0.2, 0) is 16.6 Å². The number of hydrogen-bond donors (Lipinski definition) is 0. The molecule has 2 atom stereocenters. The molecule has 27 heavy (non-hydrogen) atoms. The lowest BCUT2D eigenvalue weighted by molar-refractivity contribution is -0.179. The van der Waals surface area contributed by atoms with Crippen molar-refractivity contribution in [2.75, 3.05) is 19.7 Å². The van der Waals surface area contributed by atoms with Crippen LogP contribution < -0.4 is 0 Å². The van der Waals surface area contributed by atoms with Gasteiger partial charge in [0.2, 0.25) is 5.91 Å². The van der Waals surface area contributed by atoms with E-state index in [4.69, 9.17) is 4.74 Å². The SMILES string of the molecule is Cn1c(C(=O)N2CC[C@@]34OCCCN3C(=O)C[C@@H]24)ccc1-c1ccccc1. The Morgan fingerprint density at radius 2 is 1.96 bits per heavy atom. The minimum absolute atomic E-state index is 0.0228. The van der Waals surface area contributed by atoms with Gasteiger partial charge in [0.05, 0.1) is 19.1 Å². The predicted octanol–water partition coefficient (Wildman–Crippen LogP) is 2.26. The van der Waals surface area contributed by atoms with Gasteiger partial charge in [-0.25, -0.2) is 0 Å². The number of amides is 2. The zero-order valence-corrected chi connectivity index (χ0v) is 15.4. The Morgan fingerprint density at radius 3 is 2.78 bits per heavy atom. The Labute approximate surface area is 158 Å². The van der Waals surface area contributed by atoms with Crippen LogP contribution in [0.3, 0.4) is 0 Å². The first-order chi connectivity index (χ1) is 13.1. The third kappa shape index (κ3) is 2.29. The first-order valence-electron chi connectivity index (χ1n) is 9.58. The van der Waals surface area contributed by atoms with Gasteiger partial charge in [-0.1, -0.05) is 30.3 Å². The van der Waals surface area contributed by atoms with Crippen molar-refractivity contribution in [1.29, 1.82) is 0 Å². The lowest BCUT2D eigenvalue weighted by atomic mass is 10.0. The first kappa shape index (κ1) is 16.6. The number of hydrogen-bond acceptors (Lipinski definition) is 3. The van der Waals surface area contributed by atoms with Gasteiger partial charge < -0.3 is 19.1 Å². The van der Waals surface area contributed by atoms with Crippen LogP contribution >= 0.6 is 0 Å². The second-order valence-corrected chi connectivity index (χ2v) is 7.59. The number of aromatic nitrogens is 1. The van der Waals surface area contributed by atoms with Crippen molar-refractivity contribution in [2.45, 2.75) is 31.0 Å². The van der Waals surface area contributed by atoms with Crippen LogP contribution in [0.5, 0.6) is 0 Å². The van der Waals surface area contributed by atoms with Crippen molar-refractivity contribution < 1.29 is 14.3 Å². The minimum atomic E-state index is -0.599. The summed E-state index contributed by atoms with van der Waals surface area (Å²) in [7, 11) is 1.92. The van der Waals surface area contributed by atoms with Crippen LogP contribution in [0.1, 0.15) is 29.8 Å². The fourth-order valence-electron chi connectivity index (χ4n) is 4.96. The van der Waals surface area contributed by atoms with E-state index in [9.17, 15) is 9.59 Å². The molecule has 0 bridgehead atoms. The molecule has 0 saturated carbocycles. The van der Waals surface area contributed by atoms with E-state index in [1.54, 1.807) is 0 Å². The van der Waals surface area contributed by atoms with E-state index in [2.05, 4.69) is 0 Å². The highest BCUT2D eigenvalue weighted by atomic mass is 16.5. The average Bonchev–Trinajstić information content (AvgIpc) is 3.32. The summed E-state index contributed by atoms with van der Waals surface area (Å²) >= 11 is 0. The molecule has 3 aliphatic heterocycles. The summed E-state index contributed by atoms with van der Waals surface area (Å²) in [6.45, 7) is 2.02. The number of carbonyl (C=O) groups excluding carboxylic acids is 2. The van der Waals surface area contributed by atoms with Crippen molar-refractivity contribution in [2.24, 2.45) is 7.05 Å². The Kier molecular flexibility index (Phi) is 3.65. The van der Waals surface area contributed by atoms with Crippen LogP contribution in [0.2, 0.25) is 0 Å². The van der Waals surface area contributed by atoms with Gasteiger partial charge in [-0.15, -0.1) is 0 Å². The molecule has 0 N–H and O–H groups in total. The summed E-state index contributed by atoms with van der Waals surface area (Å²) in [5.74, 6) is 0.0828. The summed E-state index contributed by atoms with van der Waals surface area (Å²) in [5, 5.41) is 0. The molecule has 4 heterocycles. The number of ether oxygens (including phenoxy) is 1. The maximum absolute atomic E-state index is 13.4. The molecular weight excluding hydrogens is 342 g/mol. The summed E-state index contributed by atoms with van der Waals surface area (Å²) in [4.78, 5) is 29.6. The van der Waals surface area contributed by atoms with Gasteiger partial charge in [-0.2, -0.15) is 0 Å². The number of carbonyl (C=O) groups is 2. The molecule has 5 rings (SSSR count). The van der Waals surface area contributed by atoms with E-state index < -0.39 is 5.72 Å². The topological polar surface area (TPSA) is 54.8 Å². The number of rotatable bonds is 2. The van der Waals surface area contributed by atoms with Gasteiger partial charge in [0.15, 0.2) is 5.72 Å². The van der Waals surface area contributed by atoms with Gasteiger partial charge in [0, 0.05) is 32.3 Å². The molecule has 0 aliphatic carbocycles. The number of benzene rings is 1. The summed E-state index contributed by atoms with van der Waals surface area (Å²) in [5.41, 5.74) is 2.13. The van der Waals surface area contributed by atoms with Crippen LogP contribution in [-0.4, -0.2) is 57.6 Å². The minimum Gasteiger partial charge on any atom is -0.353 e. The van der Waals surface area contributed by atoms with Gasteiger partial charge in [-0.05, 0) is 24.1 Å². The van der Waals surface area contributed by atoms with Crippen molar-refractivity contribution in [3.63, 3.8) is 0 Å². The molecule has 1 spiro atoms. The van der Waals surface area contributed by atoms with Crippen LogP contribution in [0.25, 0.3) is 11.3 Å². The molecule has 0 radical (unpaired) electrons. The predicted molar refractivity (Wildman–Crippen MR) is 99.9 cm³/mol. The molecule has 2 amide bonds. The van der Waals surface area contributed by atoms with Crippen molar-refractivity contribution in [1.82, 2.24) is 14.4 Å². The zero-order valence-electron chi connectivity index (χ0n) is 15.4. The monoisotopic (exact) mass is 365 g/mol. The maximum Gasteiger partial charge on any atom is 0.270 e. The third-order valence-electron chi connectivity index (χ3n) is 6.28. The van der Waals surface area contributed by atoms with Gasteiger partial charge in [-0.3, -0.25) is 9.59 Å². The molecule has 3 saturated heterocycles. The van der Waals surface area contributed by atoms with E-state index in [0.29, 0.717) is 31.7 Å². The number of likely N-dealkylation sites (tertiary alicyclic amines) is 1. The Hall–Kier alpha value is -2.60. The molecule has 3 fully saturated rings. The van der Waals surface area contributed by atoms with Crippen molar-refractivity contribution in [3.8, 4) is 11.3 Å². The van der Waals surface area contributed by atoms with E-state index >= 15 is 0 Å². The molecule has 3 aliphatic rings. The van der Waals surface area contributed by atoms with Crippen molar-refractivity contribution in [3.05, 3.63) is 48.2 Å². The van der Waals surface area contributed by atoms with Crippen LogP contribution in [0.15, 0.2) is 42.5 Å². The smallest absolute Gasteiger partial charge is 0.270 e. The molecule has 2 aromatic rings. The van der Waals surface area contributed by atoms with E-state index in [0.717, 1.165) is 24.2 Å². The fourth-order valence-corrected chi connectivity index (χ4v) is 4.96. The molecule has 6 nitrogen and oxygen atoms in total. The van der Waals surface area contributed by atoms with E-state index in [1.165, 1.54) is 0 Å². The highest BCUT2D eigenvalue weighted by Gasteiger charge is 2.61. The second-order valence-electron chi connectivity index (χ2n) is 7.59. The quantitative estimate of drug-likeness (QED) is 0.820. The lowest BCUT2D eigenvalue weighted by Gasteiger charge is -2.42. The first-order valence-corrected chi connectivity index (χ1v) is 9.58. The normalized spacial score (nSPS) is 27.0. The fraction of sp³-hybridized carbons (Fsp3) is 0.429. The highest BCUT2D eigenvalue weighted by molar-refractivity contribution is 5.95. The largest absolute Gasteiger partial charge is 0.353 e. The average molecular weight is 365 g/mol. The molecule has 140 valence electrons. The van der Waals surface area contributed by atoms with Gasteiger partial charge in [0.25, 0.3) is 5.91 Å². The zero-order chi connectivity index (χ0) is 18.6. The summed E-state index contributed by atoms with van der Waals surface area (Å²) in [6.07, 6.45) is 1.93. The van der Waals surface area contributed by atoms with Gasteiger partial charge >= 0.3 is 0 Å². The highest BCUT2D eigenvalue weighted by Crippen LogP contribution is 2.45.